The molecule has 2 rings (SSSR count). The monoisotopic (exact) mass is 396 g/mol. The van der Waals surface area contributed by atoms with Gasteiger partial charge in [-0.25, -0.2) is 13.6 Å². The number of nitrogen functional groups attached to an aromatic ring is 1. The zero-order valence-electron chi connectivity index (χ0n) is 15.8. The molecule has 0 saturated carbocycles. The summed E-state index contributed by atoms with van der Waals surface area (Å²) < 4.78 is 32.9. The van der Waals surface area contributed by atoms with Crippen molar-refractivity contribution in [2.75, 3.05) is 30.9 Å². The number of hydrogen-bond acceptors (Lipinski definition) is 5. The lowest BCUT2D eigenvalue weighted by Crippen LogP contribution is -2.43. The maximum Gasteiger partial charge on any atom is 0.330 e. The zero-order valence-corrected chi connectivity index (χ0v) is 15.8. The van der Waals surface area contributed by atoms with Crippen LogP contribution in [0.15, 0.2) is 27.8 Å². The van der Waals surface area contributed by atoms with Crippen LogP contribution in [0.5, 0.6) is 0 Å². The van der Waals surface area contributed by atoms with Crippen molar-refractivity contribution in [1.29, 1.82) is 0 Å². The lowest BCUT2D eigenvalue weighted by Gasteiger charge is -2.24. The van der Waals surface area contributed by atoms with Gasteiger partial charge in [0.2, 0.25) is 0 Å². The van der Waals surface area contributed by atoms with Crippen LogP contribution in [0.25, 0.3) is 0 Å². The van der Waals surface area contributed by atoms with E-state index < -0.39 is 28.8 Å². The topological polar surface area (TPSA) is 110 Å². The molecular formula is C18H22F2N4O4. The molecule has 1 amide bonds. The largest absolute Gasteiger partial charge is 0.383 e. The van der Waals surface area contributed by atoms with Crippen molar-refractivity contribution in [3.63, 3.8) is 0 Å². The van der Waals surface area contributed by atoms with E-state index in [1.54, 1.807) is 0 Å². The number of nitrogens with one attached hydrogen (secondary N) is 1. The third-order valence-corrected chi connectivity index (χ3v) is 3.96. The van der Waals surface area contributed by atoms with E-state index in [4.69, 9.17) is 10.5 Å². The lowest BCUT2D eigenvalue weighted by molar-refractivity contribution is 0.0975. The molecule has 28 heavy (non-hydrogen) atoms. The quantitative estimate of drug-likeness (QED) is 0.734. The second kappa shape index (κ2) is 8.79. The van der Waals surface area contributed by atoms with Crippen molar-refractivity contribution >= 4 is 17.4 Å². The molecular weight excluding hydrogens is 374 g/mol. The number of nitrogens with two attached hydrogens (primary N) is 1. The number of aromatic nitrogens is 2. The maximum atomic E-state index is 13.6. The maximum absolute atomic E-state index is 13.6. The molecule has 0 fully saturated rings. The number of carbonyl (C=O) groups is 1. The second-order valence-corrected chi connectivity index (χ2v) is 6.58. The highest BCUT2D eigenvalue weighted by atomic mass is 19.2. The standard InChI is InChI=1S/C18H22F2N4O4/c1-10(2)9-24-15(21)14(16(25)22-18(24)27)23(6-7-28-3)17(26)11-4-5-12(19)13(20)8-11/h4-5,8,10H,6-7,9,21H2,1-3H3,(H,22,25,27). The number of hydrogen-bond donors (Lipinski definition) is 2. The Labute approximate surface area is 159 Å². The van der Waals surface area contributed by atoms with Crippen molar-refractivity contribution in [3.8, 4) is 0 Å². The Kier molecular flexibility index (Phi) is 6.68. The van der Waals surface area contributed by atoms with Crippen molar-refractivity contribution in [2.45, 2.75) is 20.4 Å². The Morgan fingerprint density at radius 3 is 2.54 bits per heavy atom. The number of ether oxygens (including phenoxy) is 1. The number of anilines is 2. The lowest BCUT2D eigenvalue weighted by atomic mass is 10.1. The van der Waals surface area contributed by atoms with Gasteiger partial charge in [-0.3, -0.25) is 24.0 Å². The third kappa shape index (κ3) is 4.45. The molecule has 1 aromatic heterocycles. The van der Waals surface area contributed by atoms with Gasteiger partial charge in [-0.15, -0.1) is 0 Å². The van der Waals surface area contributed by atoms with Gasteiger partial charge in [-0.1, -0.05) is 13.8 Å². The molecule has 0 aliphatic heterocycles. The van der Waals surface area contributed by atoms with Gasteiger partial charge in [0.05, 0.1) is 6.61 Å². The highest BCUT2D eigenvalue weighted by Gasteiger charge is 2.26. The summed E-state index contributed by atoms with van der Waals surface area (Å²) in [4.78, 5) is 40.6. The summed E-state index contributed by atoms with van der Waals surface area (Å²) >= 11 is 0. The SMILES string of the molecule is COCCN(C(=O)c1ccc(F)c(F)c1)c1c(N)n(CC(C)C)c(=O)[nH]c1=O. The molecule has 0 aliphatic rings. The number of methoxy groups -OCH3 is 1. The van der Waals surface area contributed by atoms with Crippen molar-refractivity contribution in [3.05, 3.63) is 56.2 Å². The van der Waals surface area contributed by atoms with Crippen LogP contribution in [0.4, 0.5) is 20.3 Å². The fourth-order valence-corrected chi connectivity index (χ4v) is 2.67. The first-order valence-electron chi connectivity index (χ1n) is 8.55. The fourth-order valence-electron chi connectivity index (χ4n) is 2.67. The van der Waals surface area contributed by atoms with Gasteiger partial charge in [0, 0.05) is 25.8 Å². The number of amides is 1. The number of carbonyl (C=O) groups excluding carboxylic acids is 1. The van der Waals surface area contributed by atoms with E-state index in [1.807, 2.05) is 13.8 Å². The van der Waals surface area contributed by atoms with Crippen LogP contribution in [-0.2, 0) is 11.3 Å². The van der Waals surface area contributed by atoms with E-state index in [2.05, 4.69) is 4.98 Å². The molecule has 3 N–H and O–H groups in total. The Balaban J connectivity index is 2.62. The highest BCUT2D eigenvalue weighted by molar-refractivity contribution is 6.07. The van der Waals surface area contributed by atoms with Gasteiger partial charge in [0.1, 0.15) is 5.82 Å². The zero-order chi connectivity index (χ0) is 21.0. The van der Waals surface area contributed by atoms with Crippen LogP contribution in [0.1, 0.15) is 24.2 Å². The summed E-state index contributed by atoms with van der Waals surface area (Å²) in [6.45, 7) is 3.86. The molecule has 0 spiro atoms. The first-order valence-corrected chi connectivity index (χ1v) is 8.55. The van der Waals surface area contributed by atoms with Gasteiger partial charge < -0.3 is 10.5 Å². The summed E-state index contributed by atoms with van der Waals surface area (Å²) in [6, 6.07) is 2.63. The Morgan fingerprint density at radius 1 is 1.29 bits per heavy atom. The summed E-state index contributed by atoms with van der Waals surface area (Å²) in [6.07, 6.45) is 0. The van der Waals surface area contributed by atoms with Crippen LogP contribution in [0.2, 0.25) is 0 Å². The predicted octanol–water partition coefficient (Wildman–Crippen LogP) is 1.35. The molecule has 0 bridgehead atoms. The number of benzene rings is 1. The average molecular weight is 396 g/mol. The third-order valence-electron chi connectivity index (χ3n) is 3.96. The molecule has 152 valence electrons. The highest BCUT2D eigenvalue weighted by Crippen LogP contribution is 2.21. The fraction of sp³-hybridized carbons (Fsp3) is 0.389. The molecule has 0 unspecified atom stereocenters. The van der Waals surface area contributed by atoms with Gasteiger partial charge >= 0.3 is 5.69 Å². The molecule has 2 aromatic rings. The van der Waals surface area contributed by atoms with Crippen molar-refractivity contribution in [2.24, 2.45) is 5.92 Å². The van der Waals surface area contributed by atoms with E-state index in [9.17, 15) is 23.2 Å². The number of aromatic amines is 1. The van der Waals surface area contributed by atoms with Crippen LogP contribution < -0.4 is 21.9 Å². The summed E-state index contributed by atoms with van der Waals surface area (Å²) in [5.41, 5.74) is 4.04. The molecule has 8 nitrogen and oxygen atoms in total. The van der Waals surface area contributed by atoms with Crippen LogP contribution >= 0.6 is 0 Å². The van der Waals surface area contributed by atoms with Crippen LogP contribution in [0.3, 0.4) is 0 Å². The van der Waals surface area contributed by atoms with Crippen molar-refractivity contribution < 1.29 is 18.3 Å². The summed E-state index contributed by atoms with van der Waals surface area (Å²) in [5, 5.41) is 0. The van der Waals surface area contributed by atoms with Gasteiger partial charge in [-0.05, 0) is 24.1 Å². The van der Waals surface area contributed by atoms with Crippen LogP contribution in [0, 0.1) is 17.6 Å². The van der Waals surface area contributed by atoms with E-state index in [0.717, 1.165) is 27.7 Å². The molecule has 0 radical (unpaired) electrons. The van der Waals surface area contributed by atoms with Gasteiger partial charge in [0.25, 0.3) is 11.5 Å². The second-order valence-electron chi connectivity index (χ2n) is 6.58. The predicted molar refractivity (Wildman–Crippen MR) is 100 cm³/mol. The minimum Gasteiger partial charge on any atom is -0.383 e. The molecule has 1 aromatic carbocycles. The Hall–Kier alpha value is -3.01. The minimum atomic E-state index is -1.20. The van der Waals surface area contributed by atoms with E-state index in [1.165, 1.54) is 7.11 Å². The first kappa shape index (κ1) is 21.3. The number of halogens is 2. The Morgan fingerprint density at radius 2 is 1.96 bits per heavy atom. The smallest absolute Gasteiger partial charge is 0.330 e. The summed E-state index contributed by atoms with van der Waals surface area (Å²) in [5.74, 6) is -3.27. The average Bonchev–Trinajstić information content (AvgIpc) is 2.62. The molecule has 1 heterocycles. The first-order chi connectivity index (χ1) is 13.2. The number of nitrogens with zero attached hydrogens (tertiary/aromatic N) is 2. The molecule has 10 heteroatoms. The minimum absolute atomic E-state index is 0.0353. The van der Waals surface area contributed by atoms with Crippen LogP contribution in [-0.4, -0.2) is 35.7 Å². The van der Waals surface area contributed by atoms with E-state index in [-0.39, 0.29) is 42.7 Å². The molecule has 0 saturated heterocycles. The number of H-pyrrole nitrogens is 1. The molecule has 0 aliphatic carbocycles. The normalized spacial score (nSPS) is 11.1. The van der Waals surface area contributed by atoms with E-state index >= 15 is 0 Å². The van der Waals surface area contributed by atoms with E-state index in [0.29, 0.717) is 0 Å². The van der Waals surface area contributed by atoms with Gasteiger partial charge in [0.15, 0.2) is 17.3 Å². The number of rotatable bonds is 7. The van der Waals surface area contributed by atoms with Gasteiger partial charge in [-0.2, -0.15) is 0 Å². The van der Waals surface area contributed by atoms with Crippen molar-refractivity contribution in [1.82, 2.24) is 9.55 Å². The molecule has 0 atom stereocenters. The summed E-state index contributed by atoms with van der Waals surface area (Å²) in [7, 11) is 1.40. The Bertz CT molecular complexity index is 985.